The number of aromatic nitrogens is 2. The molecule has 0 aliphatic rings. The summed E-state index contributed by atoms with van der Waals surface area (Å²) >= 11 is 7.52. The van der Waals surface area contributed by atoms with Crippen molar-refractivity contribution in [1.29, 1.82) is 0 Å². The van der Waals surface area contributed by atoms with Gasteiger partial charge in [-0.25, -0.2) is 4.98 Å². The van der Waals surface area contributed by atoms with Crippen LogP contribution < -0.4 is 5.56 Å². The van der Waals surface area contributed by atoms with Crippen LogP contribution in [-0.2, 0) is 17.8 Å². The normalized spacial score (nSPS) is 11.2. The number of benzene rings is 1. The molecule has 0 saturated carbocycles. The number of carbonyl (C=O) groups is 1. The zero-order valence-electron chi connectivity index (χ0n) is 13.9. The molecule has 0 atom stereocenters. The van der Waals surface area contributed by atoms with Gasteiger partial charge in [-0.05, 0) is 30.2 Å². The van der Waals surface area contributed by atoms with Gasteiger partial charge in [0.15, 0.2) is 0 Å². The molecule has 2 heterocycles. The highest BCUT2D eigenvalue weighted by molar-refractivity contribution is 7.17. The van der Waals surface area contributed by atoms with Crippen molar-refractivity contribution in [1.82, 2.24) is 9.55 Å². The lowest BCUT2D eigenvalue weighted by atomic mass is 10.0. The van der Waals surface area contributed by atoms with Crippen LogP contribution in [-0.4, -0.2) is 20.6 Å². The summed E-state index contributed by atoms with van der Waals surface area (Å²) in [7, 11) is 0. The second-order valence-electron chi connectivity index (χ2n) is 5.78. The number of carboxylic acid groups (broad SMARTS) is 1. The average molecular weight is 377 g/mol. The molecule has 0 spiro atoms. The van der Waals surface area contributed by atoms with Crippen LogP contribution in [0.1, 0.15) is 24.7 Å². The van der Waals surface area contributed by atoms with E-state index in [4.69, 9.17) is 16.7 Å². The predicted octanol–water partition coefficient (Wildman–Crippen LogP) is 4.12. The molecule has 0 bridgehead atoms. The number of hydrogen-bond donors (Lipinski definition) is 1. The van der Waals surface area contributed by atoms with Gasteiger partial charge < -0.3 is 5.11 Å². The molecule has 3 aromatic rings. The summed E-state index contributed by atoms with van der Waals surface area (Å²) in [4.78, 5) is 29.2. The molecular weight excluding hydrogens is 360 g/mol. The van der Waals surface area contributed by atoms with E-state index in [1.165, 1.54) is 15.9 Å². The van der Waals surface area contributed by atoms with Crippen molar-refractivity contribution < 1.29 is 9.90 Å². The maximum Gasteiger partial charge on any atom is 0.305 e. The van der Waals surface area contributed by atoms with E-state index in [-0.39, 0.29) is 18.5 Å². The van der Waals surface area contributed by atoms with Gasteiger partial charge >= 0.3 is 5.97 Å². The summed E-state index contributed by atoms with van der Waals surface area (Å²) in [6.07, 6.45) is 0.456. The van der Waals surface area contributed by atoms with E-state index in [2.05, 4.69) is 4.98 Å². The summed E-state index contributed by atoms with van der Waals surface area (Å²) in [6, 6.07) is 5.64. The highest BCUT2D eigenvalue weighted by Gasteiger charge is 2.17. The molecule has 1 N–H and O–H groups in total. The molecule has 0 amide bonds. The third kappa shape index (κ3) is 3.32. The molecule has 0 saturated heterocycles. The van der Waals surface area contributed by atoms with Crippen LogP contribution in [0.4, 0.5) is 0 Å². The van der Waals surface area contributed by atoms with Crippen molar-refractivity contribution in [3.05, 3.63) is 50.3 Å². The summed E-state index contributed by atoms with van der Waals surface area (Å²) in [5.41, 5.74) is 2.46. The van der Waals surface area contributed by atoms with Crippen LogP contribution in [0, 0.1) is 6.92 Å². The maximum atomic E-state index is 13.0. The molecule has 0 unspecified atom stereocenters. The molecule has 3 rings (SSSR count). The van der Waals surface area contributed by atoms with Gasteiger partial charge in [-0.3, -0.25) is 14.2 Å². The fraction of sp³-hybridized carbons (Fsp3) is 0.278. The number of aliphatic carboxylic acids is 1. The molecule has 1 aromatic carbocycles. The van der Waals surface area contributed by atoms with Crippen molar-refractivity contribution in [2.24, 2.45) is 0 Å². The highest BCUT2D eigenvalue weighted by Crippen LogP contribution is 2.33. The minimum absolute atomic E-state index is 0.111. The number of carboxylic acids is 1. The number of nitrogens with zero attached hydrogens (tertiary/aromatic N) is 2. The van der Waals surface area contributed by atoms with Crippen LogP contribution in [0.2, 0.25) is 5.02 Å². The Labute approximate surface area is 153 Å². The Bertz CT molecular complexity index is 1020. The number of aryl methyl sites for hydroxylation is 2. The Kier molecular flexibility index (Phi) is 4.92. The molecule has 0 aliphatic heterocycles. The zero-order chi connectivity index (χ0) is 18.1. The Morgan fingerprint density at radius 3 is 2.80 bits per heavy atom. The van der Waals surface area contributed by atoms with Gasteiger partial charge in [-0.15, -0.1) is 11.3 Å². The number of fused-ring (bicyclic) bond motifs is 1. The van der Waals surface area contributed by atoms with Gasteiger partial charge in [0, 0.05) is 28.9 Å². The zero-order valence-corrected chi connectivity index (χ0v) is 15.4. The van der Waals surface area contributed by atoms with Gasteiger partial charge in [0.2, 0.25) is 0 Å². The van der Waals surface area contributed by atoms with Gasteiger partial charge in [-0.2, -0.15) is 0 Å². The summed E-state index contributed by atoms with van der Waals surface area (Å²) < 4.78 is 1.48. The van der Waals surface area contributed by atoms with E-state index < -0.39 is 5.97 Å². The predicted molar refractivity (Wildman–Crippen MR) is 101 cm³/mol. The van der Waals surface area contributed by atoms with Gasteiger partial charge in [-0.1, -0.05) is 24.6 Å². The molecular formula is C18H17ClN2O3S. The fourth-order valence-electron chi connectivity index (χ4n) is 2.80. The fourth-order valence-corrected chi connectivity index (χ4v) is 3.87. The first-order chi connectivity index (χ1) is 11.9. The van der Waals surface area contributed by atoms with Gasteiger partial charge in [0.05, 0.1) is 11.8 Å². The van der Waals surface area contributed by atoms with Crippen LogP contribution in [0.15, 0.2) is 28.4 Å². The first-order valence-corrected chi connectivity index (χ1v) is 9.17. The van der Waals surface area contributed by atoms with Gasteiger partial charge in [0.1, 0.15) is 10.7 Å². The Balaban J connectivity index is 2.22. The molecule has 0 fully saturated rings. The number of halogens is 1. The van der Waals surface area contributed by atoms with E-state index in [1.54, 1.807) is 0 Å². The standard InChI is InChI=1S/C18H17ClN2O3S/c1-3-14-20-17-16(18(24)21(14)7-6-15(22)23)12(9-25-17)11-4-5-13(19)10(2)8-11/h4-5,8-9H,3,6-7H2,1-2H3,(H,22,23). The number of rotatable bonds is 5. The Morgan fingerprint density at radius 2 is 2.16 bits per heavy atom. The van der Waals surface area contributed by atoms with E-state index >= 15 is 0 Å². The molecule has 0 aliphatic carbocycles. The lowest BCUT2D eigenvalue weighted by molar-refractivity contribution is -0.137. The van der Waals surface area contributed by atoms with E-state index in [9.17, 15) is 9.59 Å². The summed E-state index contributed by atoms with van der Waals surface area (Å²) in [6.45, 7) is 3.94. The molecule has 25 heavy (non-hydrogen) atoms. The minimum Gasteiger partial charge on any atom is -0.481 e. The van der Waals surface area contributed by atoms with Crippen molar-refractivity contribution in [3.63, 3.8) is 0 Å². The van der Waals surface area contributed by atoms with Gasteiger partial charge in [0.25, 0.3) is 5.56 Å². The maximum absolute atomic E-state index is 13.0. The summed E-state index contributed by atoms with van der Waals surface area (Å²) in [5.74, 6) is -0.327. The monoisotopic (exact) mass is 376 g/mol. The smallest absolute Gasteiger partial charge is 0.305 e. The molecule has 5 nitrogen and oxygen atoms in total. The molecule has 130 valence electrons. The SMILES string of the molecule is CCc1nc2scc(-c3ccc(Cl)c(C)c3)c2c(=O)n1CCC(=O)O. The summed E-state index contributed by atoms with van der Waals surface area (Å²) in [5, 5.41) is 12.1. The number of hydrogen-bond acceptors (Lipinski definition) is 4. The van der Waals surface area contributed by atoms with Crippen molar-refractivity contribution in [3.8, 4) is 11.1 Å². The van der Waals surface area contributed by atoms with Crippen molar-refractivity contribution in [2.75, 3.05) is 0 Å². The Hall–Kier alpha value is -2.18. The van der Waals surface area contributed by atoms with E-state index in [0.717, 1.165) is 16.7 Å². The van der Waals surface area contributed by atoms with E-state index in [0.29, 0.717) is 27.5 Å². The molecule has 7 heteroatoms. The van der Waals surface area contributed by atoms with Crippen LogP contribution in [0.5, 0.6) is 0 Å². The van der Waals surface area contributed by atoms with Crippen LogP contribution in [0.3, 0.4) is 0 Å². The van der Waals surface area contributed by atoms with E-state index in [1.807, 2.05) is 37.4 Å². The van der Waals surface area contributed by atoms with Crippen molar-refractivity contribution in [2.45, 2.75) is 33.2 Å². The Morgan fingerprint density at radius 1 is 1.40 bits per heavy atom. The number of thiophene rings is 1. The molecule has 2 aromatic heterocycles. The second kappa shape index (κ2) is 6.98. The lowest BCUT2D eigenvalue weighted by Crippen LogP contribution is -2.26. The topological polar surface area (TPSA) is 72.2 Å². The highest BCUT2D eigenvalue weighted by atomic mass is 35.5. The lowest BCUT2D eigenvalue weighted by Gasteiger charge is -2.11. The van der Waals surface area contributed by atoms with Crippen LogP contribution in [0.25, 0.3) is 21.3 Å². The third-order valence-corrected chi connectivity index (χ3v) is 5.40. The average Bonchev–Trinajstić information content (AvgIpc) is 3.00. The van der Waals surface area contributed by atoms with Crippen LogP contribution >= 0.6 is 22.9 Å². The second-order valence-corrected chi connectivity index (χ2v) is 7.04. The quantitative estimate of drug-likeness (QED) is 0.726. The molecule has 0 radical (unpaired) electrons. The third-order valence-electron chi connectivity index (χ3n) is 4.11. The largest absolute Gasteiger partial charge is 0.481 e. The first kappa shape index (κ1) is 17.6. The van der Waals surface area contributed by atoms with Crippen molar-refractivity contribution >= 4 is 39.1 Å². The minimum atomic E-state index is -0.937. The first-order valence-electron chi connectivity index (χ1n) is 7.91.